The van der Waals surface area contributed by atoms with Crippen LogP contribution in [0.1, 0.15) is 5.56 Å². The molecule has 90 valence electrons. The molecule has 0 spiro atoms. The summed E-state index contributed by atoms with van der Waals surface area (Å²) in [5.74, 6) is 1.68. The molecule has 16 heavy (non-hydrogen) atoms. The largest absolute Gasteiger partial charge is 0.493 e. The molecule has 1 aliphatic rings. The summed E-state index contributed by atoms with van der Waals surface area (Å²) in [4.78, 5) is 0. The maximum atomic E-state index is 5.70. The van der Waals surface area contributed by atoms with Gasteiger partial charge < -0.3 is 14.8 Å². The predicted molar refractivity (Wildman–Crippen MR) is 70.0 cm³/mol. The summed E-state index contributed by atoms with van der Waals surface area (Å²) >= 11 is 3.47. The molecule has 0 fully saturated rings. The minimum Gasteiger partial charge on any atom is -0.493 e. The SMILES string of the molecule is CNC1COc2c(cc(Br)cc2OC)C1.Cl. The lowest BCUT2D eigenvalue weighted by Gasteiger charge is -2.26. The maximum Gasteiger partial charge on any atom is 0.164 e. The van der Waals surface area contributed by atoms with Gasteiger partial charge in [-0.3, -0.25) is 0 Å². The van der Waals surface area contributed by atoms with Crippen LogP contribution in [0.15, 0.2) is 16.6 Å². The number of methoxy groups -OCH3 is 1. The smallest absolute Gasteiger partial charge is 0.164 e. The topological polar surface area (TPSA) is 30.5 Å². The summed E-state index contributed by atoms with van der Waals surface area (Å²) in [6, 6.07) is 4.40. The second-order valence-electron chi connectivity index (χ2n) is 3.60. The van der Waals surface area contributed by atoms with E-state index in [0.29, 0.717) is 12.6 Å². The van der Waals surface area contributed by atoms with Crippen LogP contribution >= 0.6 is 28.3 Å². The van der Waals surface area contributed by atoms with E-state index in [9.17, 15) is 0 Å². The summed E-state index contributed by atoms with van der Waals surface area (Å²) in [5, 5.41) is 3.22. The first-order chi connectivity index (χ1) is 7.24. The molecule has 0 saturated carbocycles. The fourth-order valence-corrected chi connectivity index (χ4v) is 2.27. The molecular weight excluding hydrogens is 293 g/mol. The zero-order chi connectivity index (χ0) is 10.8. The molecule has 1 N–H and O–H groups in total. The van der Waals surface area contributed by atoms with Crippen LogP contribution in [0.5, 0.6) is 11.5 Å². The molecule has 1 atom stereocenters. The average molecular weight is 309 g/mol. The zero-order valence-corrected chi connectivity index (χ0v) is 11.7. The Hall–Kier alpha value is -0.450. The van der Waals surface area contributed by atoms with E-state index in [2.05, 4.69) is 27.3 Å². The van der Waals surface area contributed by atoms with Crippen molar-refractivity contribution in [2.75, 3.05) is 20.8 Å². The second kappa shape index (κ2) is 5.75. The Kier molecular flexibility index (Phi) is 4.89. The molecule has 1 heterocycles. The third-order valence-electron chi connectivity index (χ3n) is 2.62. The van der Waals surface area contributed by atoms with Gasteiger partial charge in [-0.25, -0.2) is 0 Å². The van der Waals surface area contributed by atoms with Gasteiger partial charge in [0.05, 0.1) is 7.11 Å². The standard InChI is InChI=1S/C11H14BrNO2.ClH/c1-13-9-4-7-3-8(12)5-10(14-2)11(7)15-6-9;/h3,5,9,13H,4,6H2,1-2H3;1H. The van der Waals surface area contributed by atoms with Gasteiger partial charge in [0.25, 0.3) is 0 Å². The van der Waals surface area contributed by atoms with E-state index in [-0.39, 0.29) is 12.4 Å². The molecule has 5 heteroatoms. The van der Waals surface area contributed by atoms with Gasteiger partial charge >= 0.3 is 0 Å². The highest BCUT2D eigenvalue weighted by Gasteiger charge is 2.22. The number of likely N-dealkylation sites (N-methyl/N-ethyl adjacent to an activating group) is 1. The van der Waals surface area contributed by atoms with Gasteiger partial charge in [0, 0.05) is 16.1 Å². The van der Waals surface area contributed by atoms with Crippen molar-refractivity contribution in [2.24, 2.45) is 0 Å². The molecule has 0 radical (unpaired) electrons. The van der Waals surface area contributed by atoms with Gasteiger partial charge in [-0.15, -0.1) is 12.4 Å². The summed E-state index contributed by atoms with van der Waals surface area (Å²) in [6.07, 6.45) is 0.974. The van der Waals surface area contributed by atoms with E-state index in [1.807, 2.05) is 13.1 Å². The van der Waals surface area contributed by atoms with Crippen LogP contribution in [0.2, 0.25) is 0 Å². The Morgan fingerprint density at radius 3 is 2.88 bits per heavy atom. The van der Waals surface area contributed by atoms with Crippen molar-refractivity contribution in [3.8, 4) is 11.5 Å². The fourth-order valence-electron chi connectivity index (χ4n) is 1.78. The van der Waals surface area contributed by atoms with E-state index in [1.54, 1.807) is 7.11 Å². The number of benzene rings is 1. The molecule has 2 rings (SSSR count). The maximum absolute atomic E-state index is 5.70. The summed E-state index contributed by atoms with van der Waals surface area (Å²) in [6.45, 7) is 0.696. The molecule has 1 aromatic rings. The molecule has 1 aromatic carbocycles. The molecule has 3 nitrogen and oxygen atoms in total. The molecule has 1 unspecified atom stereocenters. The van der Waals surface area contributed by atoms with Crippen LogP contribution in [-0.2, 0) is 6.42 Å². The summed E-state index contributed by atoms with van der Waals surface area (Å²) < 4.78 is 12.0. The number of fused-ring (bicyclic) bond motifs is 1. The van der Waals surface area contributed by atoms with Gasteiger partial charge in [-0.1, -0.05) is 15.9 Å². The lowest BCUT2D eigenvalue weighted by atomic mass is 10.0. The predicted octanol–water partition coefficient (Wildman–Crippen LogP) is 2.40. The minimum absolute atomic E-state index is 0. The fraction of sp³-hybridized carbons (Fsp3) is 0.455. The first-order valence-corrected chi connectivity index (χ1v) is 5.70. The van der Waals surface area contributed by atoms with Crippen LogP contribution in [-0.4, -0.2) is 26.8 Å². The molecule has 0 bridgehead atoms. The van der Waals surface area contributed by atoms with Crippen molar-refractivity contribution in [1.82, 2.24) is 5.32 Å². The first kappa shape index (κ1) is 13.6. The van der Waals surface area contributed by atoms with Gasteiger partial charge in [0.1, 0.15) is 6.61 Å². The highest BCUT2D eigenvalue weighted by atomic mass is 79.9. The monoisotopic (exact) mass is 307 g/mol. The van der Waals surface area contributed by atoms with Gasteiger partial charge in [0.2, 0.25) is 0 Å². The van der Waals surface area contributed by atoms with E-state index in [0.717, 1.165) is 22.4 Å². The lowest BCUT2D eigenvalue weighted by molar-refractivity contribution is 0.233. The highest BCUT2D eigenvalue weighted by molar-refractivity contribution is 9.10. The summed E-state index contributed by atoms with van der Waals surface area (Å²) in [7, 11) is 3.61. The molecule has 0 aromatic heterocycles. The summed E-state index contributed by atoms with van der Waals surface area (Å²) in [5.41, 5.74) is 1.19. The number of ether oxygens (including phenoxy) is 2. The molecule has 0 amide bonds. The van der Waals surface area contributed by atoms with Crippen LogP contribution in [0, 0.1) is 0 Å². The Labute approximate surface area is 110 Å². The van der Waals surface area contributed by atoms with Gasteiger partial charge in [-0.05, 0) is 25.6 Å². The van der Waals surface area contributed by atoms with Crippen molar-refractivity contribution < 1.29 is 9.47 Å². The van der Waals surface area contributed by atoms with Crippen molar-refractivity contribution in [1.29, 1.82) is 0 Å². The Bertz CT molecular complexity index is 373. The average Bonchev–Trinajstić information content (AvgIpc) is 2.26. The van der Waals surface area contributed by atoms with Crippen molar-refractivity contribution in [3.05, 3.63) is 22.2 Å². The zero-order valence-electron chi connectivity index (χ0n) is 9.25. The molecule has 1 aliphatic heterocycles. The number of hydrogen-bond donors (Lipinski definition) is 1. The highest BCUT2D eigenvalue weighted by Crippen LogP contribution is 2.37. The molecular formula is C11H15BrClNO2. The normalized spacial score (nSPS) is 18.1. The third kappa shape index (κ3) is 2.62. The Morgan fingerprint density at radius 2 is 2.25 bits per heavy atom. The van der Waals surface area contributed by atoms with E-state index in [4.69, 9.17) is 9.47 Å². The second-order valence-corrected chi connectivity index (χ2v) is 4.51. The molecule has 0 saturated heterocycles. The number of hydrogen-bond acceptors (Lipinski definition) is 3. The van der Waals surface area contributed by atoms with Crippen LogP contribution in [0.25, 0.3) is 0 Å². The van der Waals surface area contributed by atoms with Gasteiger partial charge in [0.15, 0.2) is 11.5 Å². The van der Waals surface area contributed by atoms with E-state index in [1.165, 1.54) is 5.56 Å². The van der Waals surface area contributed by atoms with Gasteiger partial charge in [-0.2, -0.15) is 0 Å². The third-order valence-corrected chi connectivity index (χ3v) is 3.08. The minimum atomic E-state index is 0. The van der Waals surface area contributed by atoms with Crippen LogP contribution < -0.4 is 14.8 Å². The van der Waals surface area contributed by atoms with Crippen LogP contribution in [0.3, 0.4) is 0 Å². The van der Waals surface area contributed by atoms with Crippen molar-refractivity contribution in [3.63, 3.8) is 0 Å². The van der Waals surface area contributed by atoms with E-state index >= 15 is 0 Å². The number of rotatable bonds is 2. The number of nitrogens with one attached hydrogen (secondary N) is 1. The Balaban J connectivity index is 0.00000128. The first-order valence-electron chi connectivity index (χ1n) is 4.91. The number of halogens is 2. The molecule has 0 aliphatic carbocycles. The van der Waals surface area contributed by atoms with Crippen molar-refractivity contribution >= 4 is 28.3 Å². The van der Waals surface area contributed by atoms with E-state index < -0.39 is 0 Å². The lowest BCUT2D eigenvalue weighted by Crippen LogP contribution is -2.36. The van der Waals surface area contributed by atoms with Crippen LogP contribution in [0.4, 0.5) is 0 Å². The van der Waals surface area contributed by atoms with Crippen molar-refractivity contribution in [2.45, 2.75) is 12.5 Å². The Morgan fingerprint density at radius 1 is 1.50 bits per heavy atom. The quantitative estimate of drug-likeness (QED) is 0.910.